The molecule has 1 fully saturated rings. The zero-order valence-corrected chi connectivity index (χ0v) is 10.5. The number of rotatable bonds is 2. The van der Waals surface area contributed by atoms with Crippen LogP contribution in [0.4, 0.5) is 0 Å². The van der Waals surface area contributed by atoms with Gasteiger partial charge in [0.15, 0.2) is 0 Å². The lowest BCUT2D eigenvalue weighted by atomic mass is 10.2. The van der Waals surface area contributed by atoms with E-state index in [0.717, 1.165) is 30.1 Å². The lowest BCUT2D eigenvalue weighted by Gasteiger charge is -2.02. The zero-order chi connectivity index (χ0) is 11.8. The average Bonchev–Trinajstić information content (AvgIpc) is 2.96. The van der Waals surface area contributed by atoms with E-state index in [4.69, 9.17) is 0 Å². The van der Waals surface area contributed by atoms with E-state index in [1.165, 1.54) is 22.3 Å². The largest absolute Gasteiger partial charge is 0.308 e. The predicted octanol–water partition coefficient (Wildman–Crippen LogP) is 1.14. The maximum absolute atomic E-state index is 11.8. The van der Waals surface area contributed by atoms with Crippen LogP contribution in [0.15, 0.2) is 10.9 Å². The van der Waals surface area contributed by atoms with Crippen molar-refractivity contribution in [3.05, 3.63) is 27.1 Å². The van der Waals surface area contributed by atoms with Gasteiger partial charge in [-0.1, -0.05) is 18.3 Å². The molecule has 1 aliphatic rings. The Labute approximate surface area is 103 Å². The molecule has 6 heteroatoms. The van der Waals surface area contributed by atoms with Crippen molar-refractivity contribution >= 4 is 16.3 Å². The summed E-state index contributed by atoms with van der Waals surface area (Å²) < 4.78 is 1.42. The second-order valence-corrected chi connectivity index (χ2v) is 5.21. The summed E-state index contributed by atoms with van der Waals surface area (Å²) in [6.45, 7) is 3.03. The van der Waals surface area contributed by atoms with Gasteiger partial charge in [0, 0.05) is 11.8 Å². The molecule has 3 rings (SSSR count). The molecule has 1 N–H and O–H groups in total. The van der Waals surface area contributed by atoms with E-state index in [2.05, 4.69) is 15.4 Å². The van der Waals surface area contributed by atoms with Crippen LogP contribution in [0.5, 0.6) is 0 Å². The number of hydrogen-bond donors (Lipinski definition) is 1. The molecule has 5 nitrogen and oxygen atoms in total. The Kier molecular flexibility index (Phi) is 2.68. The third kappa shape index (κ3) is 1.87. The first-order valence-electron chi connectivity index (χ1n) is 5.91. The molecule has 3 heterocycles. The molecule has 0 amide bonds. The molecule has 0 aromatic carbocycles. The van der Waals surface area contributed by atoms with Crippen LogP contribution in [0.25, 0.3) is 4.96 Å². The Balaban J connectivity index is 2.11. The molecule has 0 spiro atoms. The third-order valence-corrected chi connectivity index (χ3v) is 4.06. The predicted molar refractivity (Wildman–Crippen MR) is 66.5 cm³/mol. The van der Waals surface area contributed by atoms with Gasteiger partial charge in [-0.3, -0.25) is 4.79 Å². The normalized spacial score (nSPS) is 20.2. The Morgan fingerprint density at radius 2 is 2.53 bits per heavy atom. The molecule has 0 aliphatic carbocycles. The van der Waals surface area contributed by atoms with Crippen LogP contribution < -0.4 is 10.9 Å². The minimum absolute atomic E-state index is 0.0765. The molecule has 0 saturated carbocycles. The highest BCUT2D eigenvalue weighted by molar-refractivity contribution is 7.16. The van der Waals surface area contributed by atoms with Crippen molar-refractivity contribution in [1.29, 1.82) is 0 Å². The molecule has 1 saturated heterocycles. The smallest absolute Gasteiger partial charge is 0.275 e. The molecule has 2 aromatic heterocycles. The van der Waals surface area contributed by atoms with Gasteiger partial charge in [0.05, 0.1) is 6.04 Å². The highest BCUT2D eigenvalue weighted by Crippen LogP contribution is 2.26. The number of fused-ring (bicyclic) bond motifs is 1. The molecule has 1 atom stereocenters. The van der Waals surface area contributed by atoms with Gasteiger partial charge in [-0.05, 0) is 25.8 Å². The third-order valence-electron chi connectivity index (χ3n) is 3.03. The minimum atomic E-state index is -0.0765. The Morgan fingerprint density at radius 3 is 3.24 bits per heavy atom. The Morgan fingerprint density at radius 1 is 1.65 bits per heavy atom. The molecular formula is C11H14N4OS. The summed E-state index contributed by atoms with van der Waals surface area (Å²) in [5.41, 5.74) is 0.761. The summed E-state index contributed by atoms with van der Waals surface area (Å²) in [4.78, 5) is 17.0. The fourth-order valence-electron chi connectivity index (χ4n) is 2.09. The maximum Gasteiger partial charge on any atom is 0.275 e. The first-order chi connectivity index (χ1) is 8.28. The summed E-state index contributed by atoms with van der Waals surface area (Å²) in [6, 6.07) is 1.87. The summed E-state index contributed by atoms with van der Waals surface area (Å²) in [7, 11) is 0. The van der Waals surface area contributed by atoms with Gasteiger partial charge in [-0.2, -0.15) is 9.61 Å². The van der Waals surface area contributed by atoms with E-state index < -0.39 is 0 Å². The van der Waals surface area contributed by atoms with Crippen molar-refractivity contribution in [1.82, 2.24) is 19.9 Å². The van der Waals surface area contributed by atoms with Gasteiger partial charge in [0.25, 0.3) is 5.56 Å². The summed E-state index contributed by atoms with van der Waals surface area (Å²) in [6.07, 6.45) is 3.04. The summed E-state index contributed by atoms with van der Waals surface area (Å²) in [5, 5.41) is 8.73. The number of aryl methyl sites for hydroxylation is 1. The van der Waals surface area contributed by atoms with Gasteiger partial charge in [-0.25, -0.2) is 4.98 Å². The molecule has 0 bridgehead atoms. The maximum atomic E-state index is 11.8. The number of nitrogens with zero attached hydrogens (tertiary/aromatic N) is 3. The van der Waals surface area contributed by atoms with Crippen LogP contribution in [-0.2, 0) is 6.42 Å². The molecule has 90 valence electrons. The topological polar surface area (TPSA) is 59.3 Å². The molecule has 1 aliphatic heterocycles. The summed E-state index contributed by atoms with van der Waals surface area (Å²) in [5.74, 6) is 0. The van der Waals surface area contributed by atoms with Gasteiger partial charge in [0.2, 0.25) is 4.96 Å². The van der Waals surface area contributed by atoms with Gasteiger partial charge >= 0.3 is 0 Å². The van der Waals surface area contributed by atoms with Crippen LogP contribution in [-0.4, -0.2) is 21.1 Å². The van der Waals surface area contributed by atoms with Crippen LogP contribution in [0.1, 0.15) is 36.5 Å². The molecule has 1 unspecified atom stereocenters. The first kappa shape index (κ1) is 10.9. The lowest BCUT2D eigenvalue weighted by Crippen LogP contribution is -2.17. The van der Waals surface area contributed by atoms with E-state index in [0.29, 0.717) is 11.0 Å². The van der Waals surface area contributed by atoms with Gasteiger partial charge in [-0.15, -0.1) is 0 Å². The van der Waals surface area contributed by atoms with Crippen molar-refractivity contribution < 1.29 is 0 Å². The second-order valence-electron chi connectivity index (χ2n) is 4.22. The molecule has 17 heavy (non-hydrogen) atoms. The van der Waals surface area contributed by atoms with E-state index >= 15 is 0 Å². The monoisotopic (exact) mass is 250 g/mol. The van der Waals surface area contributed by atoms with Crippen LogP contribution in [0.3, 0.4) is 0 Å². The van der Waals surface area contributed by atoms with Gasteiger partial charge < -0.3 is 5.32 Å². The van der Waals surface area contributed by atoms with E-state index in [1.807, 2.05) is 6.92 Å². The van der Waals surface area contributed by atoms with Crippen molar-refractivity contribution in [2.24, 2.45) is 0 Å². The standard InChI is InChI=1S/C11H14N4OS/c1-2-7-6-9(16)15-11(13-7)17-10(14-15)8-4-3-5-12-8/h6,8,12H,2-5H2,1H3. The minimum Gasteiger partial charge on any atom is -0.308 e. The van der Waals surface area contributed by atoms with Crippen LogP contribution in [0, 0.1) is 0 Å². The van der Waals surface area contributed by atoms with Crippen LogP contribution >= 0.6 is 11.3 Å². The lowest BCUT2D eigenvalue weighted by molar-refractivity contribution is 0.627. The fraction of sp³-hybridized carbons (Fsp3) is 0.545. The first-order valence-corrected chi connectivity index (χ1v) is 6.72. The average molecular weight is 250 g/mol. The van der Waals surface area contributed by atoms with E-state index in [1.54, 1.807) is 6.07 Å². The van der Waals surface area contributed by atoms with E-state index in [9.17, 15) is 4.79 Å². The zero-order valence-electron chi connectivity index (χ0n) is 9.64. The van der Waals surface area contributed by atoms with Crippen molar-refractivity contribution in [2.75, 3.05) is 6.54 Å². The molecule has 0 radical (unpaired) electrons. The SMILES string of the molecule is CCc1cc(=O)n2nc(C3CCCN3)sc2n1. The highest BCUT2D eigenvalue weighted by atomic mass is 32.1. The fourth-order valence-corrected chi connectivity index (χ4v) is 3.12. The van der Waals surface area contributed by atoms with E-state index in [-0.39, 0.29) is 5.56 Å². The quantitative estimate of drug-likeness (QED) is 0.868. The number of hydrogen-bond acceptors (Lipinski definition) is 5. The van der Waals surface area contributed by atoms with Gasteiger partial charge in [0.1, 0.15) is 5.01 Å². The number of nitrogens with one attached hydrogen (secondary N) is 1. The van der Waals surface area contributed by atoms with Crippen molar-refractivity contribution in [3.63, 3.8) is 0 Å². The van der Waals surface area contributed by atoms with Crippen LogP contribution in [0.2, 0.25) is 0 Å². The highest BCUT2D eigenvalue weighted by Gasteiger charge is 2.21. The summed E-state index contributed by atoms with van der Waals surface area (Å²) >= 11 is 1.52. The number of aromatic nitrogens is 3. The van der Waals surface area contributed by atoms with Crippen molar-refractivity contribution in [2.45, 2.75) is 32.2 Å². The Hall–Kier alpha value is -1.27. The Bertz CT molecular complexity index is 597. The molecule has 2 aromatic rings. The molecular weight excluding hydrogens is 236 g/mol. The van der Waals surface area contributed by atoms with Crippen molar-refractivity contribution in [3.8, 4) is 0 Å². The second kappa shape index (κ2) is 4.19.